The second kappa shape index (κ2) is 7.26. The lowest BCUT2D eigenvalue weighted by Gasteiger charge is -2.51. The Labute approximate surface area is 177 Å². The van der Waals surface area contributed by atoms with Crippen LogP contribution in [0.1, 0.15) is 73.8 Å². The first-order valence-corrected chi connectivity index (χ1v) is 10.9. The highest BCUT2D eigenvalue weighted by molar-refractivity contribution is 5.90. The number of aromatic nitrogens is 1. The number of aliphatic imine (C=N–C) groups is 1. The van der Waals surface area contributed by atoms with Gasteiger partial charge in [-0.2, -0.15) is 0 Å². The van der Waals surface area contributed by atoms with Gasteiger partial charge in [-0.1, -0.05) is 67.5 Å². The summed E-state index contributed by atoms with van der Waals surface area (Å²) in [6.45, 7) is 26.5. The van der Waals surface area contributed by atoms with Crippen LogP contribution in [0.4, 0.5) is 0 Å². The zero-order chi connectivity index (χ0) is 21.8. The van der Waals surface area contributed by atoms with Gasteiger partial charge in [0, 0.05) is 43.4 Å². The standard InChI is InChI=1S/C24H40N4O/c1-16-13-17(26-29-16)14-27-11-12-28-18(15-27)19(22(2,3)4)20(23(5,6)7)25-21(28)24(8,9)10/h13,20H,11-12,14-15H2,1-10H3. The molecule has 0 aromatic carbocycles. The van der Waals surface area contributed by atoms with Crippen molar-refractivity contribution >= 4 is 5.84 Å². The number of fused-ring (bicyclic) bond motifs is 1. The second-order valence-corrected chi connectivity index (χ2v) is 11.9. The summed E-state index contributed by atoms with van der Waals surface area (Å²) < 4.78 is 5.29. The molecule has 1 aromatic heterocycles. The summed E-state index contributed by atoms with van der Waals surface area (Å²) in [4.78, 5) is 10.4. The third-order valence-corrected chi connectivity index (χ3v) is 5.79. The van der Waals surface area contributed by atoms with E-state index in [1.165, 1.54) is 17.1 Å². The van der Waals surface area contributed by atoms with E-state index in [1.54, 1.807) is 0 Å². The number of hydrogen-bond acceptors (Lipinski definition) is 5. The maximum absolute atomic E-state index is 5.41. The summed E-state index contributed by atoms with van der Waals surface area (Å²) in [6, 6.07) is 2.24. The summed E-state index contributed by atoms with van der Waals surface area (Å²) in [5.74, 6) is 2.11. The summed E-state index contributed by atoms with van der Waals surface area (Å²) >= 11 is 0. The van der Waals surface area contributed by atoms with Crippen molar-refractivity contribution in [2.75, 3.05) is 19.6 Å². The topological polar surface area (TPSA) is 44.9 Å². The van der Waals surface area contributed by atoms with Crippen molar-refractivity contribution in [3.8, 4) is 0 Å². The van der Waals surface area contributed by atoms with Crippen LogP contribution in [0.2, 0.25) is 0 Å². The maximum atomic E-state index is 5.41. The van der Waals surface area contributed by atoms with Gasteiger partial charge in [-0.05, 0) is 23.3 Å². The van der Waals surface area contributed by atoms with Crippen molar-refractivity contribution < 1.29 is 4.52 Å². The maximum Gasteiger partial charge on any atom is 0.133 e. The van der Waals surface area contributed by atoms with Gasteiger partial charge in [-0.15, -0.1) is 0 Å². The number of piperazine rings is 1. The fourth-order valence-electron chi connectivity index (χ4n) is 4.56. The Hall–Kier alpha value is -1.62. The Kier molecular flexibility index (Phi) is 5.53. The monoisotopic (exact) mass is 400 g/mol. The van der Waals surface area contributed by atoms with E-state index in [1.807, 2.05) is 13.0 Å². The van der Waals surface area contributed by atoms with Crippen molar-refractivity contribution in [1.82, 2.24) is 15.0 Å². The fourth-order valence-corrected chi connectivity index (χ4v) is 4.56. The lowest BCUT2D eigenvalue weighted by molar-refractivity contribution is 0.181. The molecular weight excluding hydrogens is 360 g/mol. The molecule has 0 N–H and O–H groups in total. The number of aryl methyl sites for hydroxylation is 1. The molecule has 1 unspecified atom stereocenters. The average molecular weight is 401 g/mol. The van der Waals surface area contributed by atoms with E-state index in [0.717, 1.165) is 37.6 Å². The van der Waals surface area contributed by atoms with Crippen molar-refractivity contribution in [1.29, 1.82) is 0 Å². The van der Waals surface area contributed by atoms with Crippen LogP contribution in [-0.2, 0) is 6.54 Å². The van der Waals surface area contributed by atoms with Gasteiger partial charge in [0.05, 0.1) is 11.7 Å². The zero-order valence-electron chi connectivity index (χ0n) is 20.2. The first kappa shape index (κ1) is 22.1. The van der Waals surface area contributed by atoms with Gasteiger partial charge in [0.15, 0.2) is 0 Å². The van der Waals surface area contributed by atoms with Crippen LogP contribution in [0.15, 0.2) is 26.9 Å². The Balaban J connectivity index is 2.05. The number of rotatable bonds is 2. The summed E-state index contributed by atoms with van der Waals surface area (Å²) in [5, 5.41) is 4.22. The van der Waals surface area contributed by atoms with E-state index in [0.29, 0.717) is 0 Å². The number of amidine groups is 1. The zero-order valence-corrected chi connectivity index (χ0v) is 20.2. The molecule has 0 spiro atoms. The predicted molar refractivity (Wildman–Crippen MR) is 120 cm³/mol. The van der Waals surface area contributed by atoms with E-state index >= 15 is 0 Å². The minimum Gasteiger partial charge on any atom is -0.361 e. The van der Waals surface area contributed by atoms with Crippen LogP contribution in [0, 0.1) is 23.2 Å². The number of hydrogen-bond donors (Lipinski definition) is 0. The minimum atomic E-state index is 0.0174. The second-order valence-electron chi connectivity index (χ2n) is 11.9. The Morgan fingerprint density at radius 1 is 1.00 bits per heavy atom. The Morgan fingerprint density at radius 2 is 1.66 bits per heavy atom. The molecule has 3 rings (SSSR count). The number of nitrogens with zero attached hydrogens (tertiary/aromatic N) is 4. The minimum absolute atomic E-state index is 0.0174. The highest BCUT2D eigenvalue weighted by Crippen LogP contribution is 2.45. The van der Waals surface area contributed by atoms with Crippen LogP contribution in [-0.4, -0.2) is 46.5 Å². The smallest absolute Gasteiger partial charge is 0.133 e. The fraction of sp³-hybridized carbons (Fsp3) is 0.750. The highest BCUT2D eigenvalue weighted by Gasteiger charge is 2.44. The Bertz CT molecular complexity index is 811. The summed E-state index contributed by atoms with van der Waals surface area (Å²) in [5.41, 5.74) is 4.10. The van der Waals surface area contributed by atoms with Crippen molar-refractivity contribution in [2.45, 2.75) is 81.8 Å². The van der Waals surface area contributed by atoms with Crippen LogP contribution >= 0.6 is 0 Å². The third-order valence-electron chi connectivity index (χ3n) is 5.79. The van der Waals surface area contributed by atoms with Gasteiger partial charge < -0.3 is 9.42 Å². The average Bonchev–Trinajstić information content (AvgIpc) is 2.95. The molecule has 0 bridgehead atoms. The summed E-state index contributed by atoms with van der Waals surface area (Å²) in [6.07, 6.45) is 0. The van der Waals surface area contributed by atoms with E-state index < -0.39 is 0 Å². The predicted octanol–water partition coefficient (Wildman–Crippen LogP) is 5.27. The van der Waals surface area contributed by atoms with Gasteiger partial charge in [0.25, 0.3) is 0 Å². The van der Waals surface area contributed by atoms with Crippen LogP contribution in [0.25, 0.3) is 0 Å². The van der Waals surface area contributed by atoms with Crippen molar-refractivity contribution in [3.05, 3.63) is 28.8 Å². The van der Waals surface area contributed by atoms with Gasteiger partial charge in [0.1, 0.15) is 11.6 Å². The molecule has 2 aliphatic heterocycles. The molecule has 0 saturated carbocycles. The molecule has 29 heavy (non-hydrogen) atoms. The SMILES string of the molecule is Cc1cc(CN2CCN3C(C(C)(C)C)=NC(C(C)(C)C)C(C(C)(C)C)=C3C2)no1. The first-order valence-electron chi connectivity index (χ1n) is 10.9. The molecule has 5 heteroatoms. The third kappa shape index (κ3) is 4.60. The normalized spacial score (nSPS) is 22.1. The van der Waals surface area contributed by atoms with E-state index in [4.69, 9.17) is 9.52 Å². The molecule has 1 saturated heterocycles. The lowest BCUT2D eigenvalue weighted by atomic mass is 9.70. The van der Waals surface area contributed by atoms with Gasteiger partial charge in [0.2, 0.25) is 0 Å². The first-order chi connectivity index (χ1) is 13.2. The quantitative estimate of drug-likeness (QED) is 0.678. The molecular formula is C24H40N4O. The van der Waals surface area contributed by atoms with Crippen LogP contribution in [0.3, 0.4) is 0 Å². The van der Waals surface area contributed by atoms with Crippen molar-refractivity contribution in [2.24, 2.45) is 21.2 Å². The van der Waals surface area contributed by atoms with E-state index in [2.05, 4.69) is 77.3 Å². The molecule has 3 heterocycles. The van der Waals surface area contributed by atoms with Gasteiger partial charge in [-0.25, -0.2) is 0 Å². The van der Waals surface area contributed by atoms with E-state index in [9.17, 15) is 0 Å². The molecule has 5 nitrogen and oxygen atoms in total. The highest BCUT2D eigenvalue weighted by atomic mass is 16.5. The molecule has 1 fully saturated rings. The molecule has 0 amide bonds. The van der Waals surface area contributed by atoms with Crippen molar-refractivity contribution in [3.63, 3.8) is 0 Å². The van der Waals surface area contributed by atoms with Gasteiger partial charge >= 0.3 is 0 Å². The molecule has 0 aliphatic carbocycles. The van der Waals surface area contributed by atoms with Crippen LogP contribution in [0.5, 0.6) is 0 Å². The van der Waals surface area contributed by atoms with E-state index in [-0.39, 0.29) is 22.3 Å². The molecule has 1 aromatic rings. The molecule has 1 atom stereocenters. The van der Waals surface area contributed by atoms with Crippen LogP contribution < -0.4 is 0 Å². The largest absolute Gasteiger partial charge is 0.361 e. The molecule has 162 valence electrons. The lowest BCUT2D eigenvalue weighted by Crippen LogP contribution is -2.55. The van der Waals surface area contributed by atoms with Gasteiger partial charge in [-0.3, -0.25) is 9.89 Å². The Morgan fingerprint density at radius 3 is 2.14 bits per heavy atom. The molecule has 2 aliphatic rings. The molecule has 0 radical (unpaired) electrons. The summed E-state index contributed by atoms with van der Waals surface area (Å²) in [7, 11) is 0.